The highest BCUT2D eigenvalue weighted by Crippen LogP contribution is 2.35. The first-order valence-electron chi connectivity index (χ1n) is 5.94. The Morgan fingerprint density at radius 3 is 3.00 bits per heavy atom. The third-order valence-corrected chi connectivity index (χ3v) is 3.37. The van der Waals surface area contributed by atoms with Gasteiger partial charge in [0.15, 0.2) is 0 Å². The van der Waals surface area contributed by atoms with E-state index in [0.717, 1.165) is 13.0 Å². The molecule has 1 aliphatic rings. The van der Waals surface area contributed by atoms with Gasteiger partial charge in [0.05, 0.1) is 12.4 Å². The van der Waals surface area contributed by atoms with Crippen LogP contribution in [0, 0.1) is 5.41 Å². The summed E-state index contributed by atoms with van der Waals surface area (Å²) in [4.78, 5) is 0. The van der Waals surface area contributed by atoms with Gasteiger partial charge in [0.1, 0.15) is 0 Å². The summed E-state index contributed by atoms with van der Waals surface area (Å²) in [5, 5.41) is 11.4. The van der Waals surface area contributed by atoms with Gasteiger partial charge >= 0.3 is 0 Å². The van der Waals surface area contributed by atoms with Crippen LogP contribution in [0.15, 0.2) is 18.5 Å². The summed E-state index contributed by atoms with van der Waals surface area (Å²) < 4.78 is 1.87. The first-order valence-corrected chi connectivity index (χ1v) is 5.94. The molecule has 88 valence electrons. The minimum Gasteiger partial charge on any atom is -0.310 e. The third kappa shape index (κ3) is 2.16. The lowest BCUT2D eigenvalue weighted by molar-refractivity contribution is 0.254. The molecule has 0 bridgehead atoms. The monoisotopic (exact) mass is 220 g/mol. The van der Waals surface area contributed by atoms with E-state index < -0.39 is 0 Å². The molecular weight excluding hydrogens is 200 g/mol. The number of hydrogen-bond donors (Lipinski definition) is 1. The van der Waals surface area contributed by atoms with E-state index in [-0.39, 0.29) is 0 Å². The Morgan fingerprint density at radius 1 is 1.56 bits per heavy atom. The SMILES string of the molecule is CCNC1C=C(n2ccnn2)CCC1(C)C. The summed E-state index contributed by atoms with van der Waals surface area (Å²) >= 11 is 0. The van der Waals surface area contributed by atoms with Crippen molar-refractivity contribution >= 4 is 5.70 Å². The standard InChI is InChI=1S/C12H20N4/c1-4-13-11-9-10(5-6-12(11,2)3)16-8-7-14-15-16/h7-9,11,13H,4-6H2,1-3H3. The Hall–Kier alpha value is -1.16. The highest BCUT2D eigenvalue weighted by molar-refractivity contribution is 5.47. The van der Waals surface area contributed by atoms with E-state index in [1.54, 1.807) is 6.20 Å². The molecule has 4 heteroatoms. The molecule has 1 N–H and O–H groups in total. The number of nitrogens with one attached hydrogen (secondary N) is 1. The summed E-state index contributed by atoms with van der Waals surface area (Å²) in [5.41, 5.74) is 1.57. The highest BCUT2D eigenvalue weighted by Gasteiger charge is 2.31. The van der Waals surface area contributed by atoms with E-state index in [9.17, 15) is 0 Å². The molecule has 0 saturated carbocycles. The Kier molecular flexibility index (Phi) is 3.10. The topological polar surface area (TPSA) is 42.7 Å². The zero-order chi connectivity index (χ0) is 11.6. The molecule has 4 nitrogen and oxygen atoms in total. The molecule has 1 aromatic heterocycles. The van der Waals surface area contributed by atoms with Crippen LogP contribution in [0.1, 0.15) is 33.6 Å². The van der Waals surface area contributed by atoms with Crippen molar-refractivity contribution in [3.63, 3.8) is 0 Å². The molecule has 0 aromatic carbocycles. The van der Waals surface area contributed by atoms with Crippen molar-refractivity contribution in [2.45, 2.75) is 39.7 Å². The first-order chi connectivity index (χ1) is 7.63. The maximum atomic E-state index is 4.05. The first kappa shape index (κ1) is 11.3. The maximum Gasteiger partial charge on any atom is 0.0697 e. The fourth-order valence-electron chi connectivity index (χ4n) is 2.21. The van der Waals surface area contributed by atoms with Gasteiger partial charge in [-0.05, 0) is 30.9 Å². The fraction of sp³-hybridized carbons (Fsp3) is 0.667. The Labute approximate surface area is 96.7 Å². The molecule has 0 saturated heterocycles. The molecule has 0 fully saturated rings. The molecule has 1 atom stereocenters. The van der Waals surface area contributed by atoms with Crippen LogP contribution in [-0.4, -0.2) is 27.6 Å². The van der Waals surface area contributed by atoms with Gasteiger partial charge in [0, 0.05) is 11.7 Å². The van der Waals surface area contributed by atoms with Crippen molar-refractivity contribution in [1.29, 1.82) is 0 Å². The third-order valence-electron chi connectivity index (χ3n) is 3.37. The minimum atomic E-state index is 0.320. The van der Waals surface area contributed by atoms with E-state index in [1.807, 2.05) is 10.9 Å². The zero-order valence-electron chi connectivity index (χ0n) is 10.3. The highest BCUT2D eigenvalue weighted by atomic mass is 15.4. The average molecular weight is 220 g/mol. The normalized spacial score (nSPS) is 24.2. The van der Waals surface area contributed by atoms with E-state index in [2.05, 4.69) is 42.5 Å². The number of hydrogen-bond acceptors (Lipinski definition) is 3. The molecule has 0 aliphatic heterocycles. The predicted molar refractivity (Wildman–Crippen MR) is 64.8 cm³/mol. The summed E-state index contributed by atoms with van der Waals surface area (Å²) in [6, 6.07) is 0.422. The molecule has 0 radical (unpaired) electrons. The van der Waals surface area contributed by atoms with Crippen LogP contribution < -0.4 is 5.32 Å². The quantitative estimate of drug-likeness (QED) is 0.846. The van der Waals surface area contributed by atoms with E-state index in [4.69, 9.17) is 0 Å². The van der Waals surface area contributed by atoms with Crippen molar-refractivity contribution < 1.29 is 0 Å². The van der Waals surface area contributed by atoms with Crippen LogP contribution in [-0.2, 0) is 0 Å². The summed E-state index contributed by atoms with van der Waals surface area (Å²) in [7, 11) is 0. The molecule has 2 rings (SSSR count). The molecule has 1 aliphatic carbocycles. The van der Waals surface area contributed by atoms with Gasteiger partial charge in [-0.3, -0.25) is 0 Å². The molecule has 1 heterocycles. The van der Waals surface area contributed by atoms with Gasteiger partial charge < -0.3 is 5.32 Å². The summed E-state index contributed by atoms with van der Waals surface area (Å²) in [6.07, 6.45) is 8.17. The largest absolute Gasteiger partial charge is 0.310 e. The average Bonchev–Trinajstić information content (AvgIpc) is 2.74. The number of allylic oxidation sites excluding steroid dienone is 1. The van der Waals surface area contributed by atoms with Crippen LogP contribution in [0.4, 0.5) is 0 Å². The maximum absolute atomic E-state index is 4.05. The van der Waals surface area contributed by atoms with E-state index >= 15 is 0 Å². The minimum absolute atomic E-state index is 0.320. The van der Waals surface area contributed by atoms with Crippen molar-refractivity contribution in [3.05, 3.63) is 18.5 Å². The van der Waals surface area contributed by atoms with Crippen molar-refractivity contribution in [2.75, 3.05) is 6.54 Å². The van der Waals surface area contributed by atoms with Gasteiger partial charge in [0.25, 0.3) is 0 Å². The van der Waals surface area contributed by atoms with Crippen LogP contribution in [0.5, 0.6) is 0 Å². The molecule has 16 heavy (non-hydrogen) atoms. The second-order valence-corrected chi connectivity index (χ2v) is 5.03. The number of nitrogens with zero attached hydrogens (tertiary/aromatic N) is 3. The number of rotatable bonds is 3. The Bertz CT molecular complexity index is 364. The van der Waals surface area contributed by atoms with Crippen LogP contribution >= 0.6 is 0 Å². The summed E-state index contributed by atoms with van der Waals surface area (Å²) in [5.74, 6) is 0. The molecule has 0 spiro atoms. The molecule has 1 unspecified atom stereocenters. The van der Waals surface area contributed by atoms with Gasteiger partial charge in [-0.1, -0.05) is 26.0 Å². The Morgan fingerprint density at radius 2 is 2.38 bits per heavy atom. The van der Waals surface area contributed by atoms with Crippen molar-refractivity contribution in [1.82, 2.24) is 20.3 Å². The lowest BCUT2D eigenvalue weighted by Crippen LogP contribution is -2.42. The number of aromatic nitrogens is 3. The van der Waals surface area contributed by atoms with Crippen LogP contribution in [0.2, 0.25) is 0 Å². The van der Waals surface area contributed by atoms with Gasteiger partial charge in [-0.15, -0.1) is 5.10 Å². The Balaban J connectivity index is 2.23. The molecular formula is C12H20N4. The summed E-state index contributed by atoms with van der Waals surface area (Å²) in [6.45, 7) is 7.77. The second-order valence-electron chi connectivity index (χ2n) is 5.03. The fourth-order valence-corrected chi connectivity index (χ4v) is 2.21. The predicted octanol–water partition coefficient (Wildman–Crippen LogP) is 1.92. The van der Waals surface area contributed by atoms with Crippen LogP contribution in [0.3, 0.4) is 0 Å². The van der Waals surface area contributed by atoms with E-state index in [1.165, 1.54) is 12.1 Å². The van der Waals surface area contributed by atoms with Crippen molar-refractivity contribution in [2.24, 2.45) is 5.41 Å². The van der Waals surface area contributed by atoms with Gasteiger partial charge in [0.2, 0.25) is 0 Å². The zero-order valence-corrected chi connectivity index (χ0v) is 10.3. The molecule has 0 amide bonds. The van der Waals surface area contributed by atoms with Gasteiger partial charge in [-0.25, -0.2) is 4.68 Å². The smallest absolute Gasteiger partial charge is 0.0697 e. The number of likely N-dealkylation sites (N-methyl/N-ethyl adjacent to an activating group) is 1. The lowest BCUT2D eigenvalue weighted by atomic mass is 9.75. The van der Waals surface area contributed by atoms with E-state index in [0.29, 0.717) is 11.5 Å². The van der Waals surface area contributed by atoms with Crippen LogP contribution in [0.25, 0.3) is 5.70 Å². The lowest BCUT2D eigenvalue weighted by Gasteiger charge is -2.37. The second kappa shape index (κ2) is 4.37. The van der Waals surface area contributed by atoms with Crippen molar-refractivity contribution in [3.8, 4) is 0 Å². The van der Waals surface area contributed by atoms with Gasteiger partial charge in [-0.2, -0.15) is 0 Å². The molecule has 1 aromatic rings.